The van der Waals surface area contributed by atoms with E-state index in [1.165, 1.54) is 28.0 Å². The Morgan fingerprint density at radius 3 is 2.76 bits per heavy atom. The average Bonchev–Trinajstić information content (AvgIpc) is 3.50. The highest BCUT2D eigenvalue weighted by atomic mass is 19.1. The minimum atomic E-state index is -0.478. The minimum absolute atomic E-state index is 0.134. The Hall–Kier alpha value is -4.31. The maximum atomic E-state index is 13.5. The lowest BCUT2D eigenvalue weighted by Crippen LogP contribution is -2.41. The van der Waals surface area contributed by atoms with Crippen LogP contribution in [0.3, 0.4) is 0 Å². The second kappa shape index (κ2) is 8.97. The van der Waals surface area contributed by atoms with Gasteiger partial charge in [-0.25, -0.2) is 14.4 Å². The summed E-state index contributed by atoms with van der Waals surface area (Å²) < 4.78 is 16.8. The molecule has 0 radical (unpaired) electrons. The third-order valence-electron chi connectivity index (χ3n) is 7.10. The van der Waals surface area contributed by atoms with Gasteiger partial charge in [0.25, 0.3) is 11.5 Å². The molecule has 37 heavy (non-hydrogen) atoms. The largest absolute Gasteiger partial charge is 0.392 e. The summed E-state index contributed by atoms with van der Waals surface area (Å²) >= 11 is 0. The summed E-state index contributed by atoms with van der Waals surface area (Å²) in [7, 11) is 1.62. The Morgan fingerprint density at radius 2 is 1.97 bits per heavy atom. The molecule has 2 aliphatic rings. The van der Waals surface area contributed by atoms with Crippen LogP contribution in [0.5, 0.6) is 0 Å². The zero-order chi connectivity index (χ0) is 25.7. The lowest BCUT2D eigenvalue weighted by molar-refractivity contribution is 0.0963. The molecule has 10 heteroatoms. The van der Waals surface area contributed by atoms with Gasteiger partial charge in [0.2, 0.25) is 0 Å². The SMILES string of the molecule is Cn1cc(-c2ccnc(N3CCn4c(cc5c4CCC5)C3=O)c2CO)cc(Nc2ccc(F)cn2)c1=O. The summed E-state index contributed by atoms with van der Waals surface area (Å²) in [5, 5.41) is 13.4. The summed E-state index contributed by atoms with van der Waals surface area (Å²) in [6.07, 6.45) is 7.44. The van der Waals surface area contributed by atoms with Crippen LogP contribution in [0.25, 0.3) is 11.1 Å². The van der Waals surface area contributed by atoms with Gasteiger partial charge in [0.05, 0.1) is 12.8 Å². The molecule has 4 aromatic heterocycles. The number of nitrogens with one attached hydrogen (secondary N) is 1. The standard InChI is InChI=1S/C27H25FN6O3/c1-32-14-17(11-21(26(32)36)31-24-6-5-18(28)13-30-24)19-7-8-29-25(20(19)15-35)34-10-9-33-22-4-2-3-16(22)12-23(33)27(34)37/h5-8,11-14,35H,2-4,9-10,15H2,1H3,(H,30,31). The molecule has 188 valence electrons. The number of fused-ring (bicyclic) bond motifs is 3. The van der Waals surface area contributed by atoms with E-state index in [4.69, 9.17) is 0 Å². The number of aromatic nitrogens is 4. The van der Waals surface area contributed by atoms with E-state index in [1.54, 1.807) is 36.5 Å². The van der Waals surface area contributed by atoms with Gasteiger partial charge < -0.3 is 19.6 Å². The Balaban J connectivity index is 1.39. The summed E-state index contributed by atoms with van der Waals surface area (Å²) in [5.74, 6) is 0.113. The van der Waals surface area contributed by atoms with Gasteiger partial charge in [0.1, 0.15) is 28.8 Å². The highest BCUT2D eigenvalue weighted by Gasteiger charge is 2.32. The number of aryl methyl sites for hydroxylation is 2. The van der Waals surface area contributed by atoms with Crippen molar-refractivity contribution in [2.45, 2.75) is 32.4 Å². The number of aliphatic hydroxyl groups excluding tert-OH is 1. The fraction of sp³-hybridized carbons (Fsp3) is 0.259. The minimum Gasteiger partial charge on any atom is -0.392 e. The van der Waals surface area contributed by atoms with Gasteiger partial charge in [0, 0.05) is 49.4 Å². The first-order chi connectivity index (χ1) is 17.9. The lowest BCUT2D eigenvalue weighted by Gasteiger charge is -2.30. The smallest absolute Gasteiger partial charge is 0.276 e. The first-order valence-electron chi connectivity index (χ1n) is 12.2. The molecule has 1 amide bonds. The molecule has 0 aromatic carbocycles. The predicted molar refractivity (Wildman–Crippen MR) is 136 cm³/mol. The van der Waals surface area contributed by atoms with Crippen LogP contribution < -0.4 is 15.8 Å². The zero-order valence-electron chi connectivity index (χ0n) is 20.2. The van der Waals surface area contributed by atoms with Gasteiger partial charge in [-0.15, -0.1) is 0 Å². The molecule has 6 rings (SSSR count). The van der Waals surface area contributed by atoms with Crippen LogP contribution in [0.2, 0.25) is 0 Å². The molecule has 0 atom stereocenters. The average molecular weight is 501 g/mol. The van der Waals surface area contributed by atoms with Crippen LogP contribution in [0.15, 0.2) is 53.7 Å². The molecule has 1 aliphatic carbocycles. The number of carbonyl (C=O) groups excluding carboxylic acids is 1. The van der Waals surface area contributed by atoms with Crippen LogP contribution in [0.4, 0.5) is 21.7 Å². The van der Waals surface area contributed by atoms with Crippen LogP contribution in [0, 0.1) is 5.82 Å². The number of carbonyl (C=O) groups is 1. The third-order valence-corrected chi connectivity index (χ3v) is 7.10. The van der Waals surface area contributed by atoms with Crippen LogP contribution in [0.1, 0.15) is 33.7 Å². The first kappa shape index (κ1) is 23.1. The summed E-state index contributed by atoms with van der Waals surface area (Å²) in [6.45, 7) is 0.781. The molecule has 5 heterocycles. The maximum Gasteiger partial charge on any atom is 0.276 e. The molecule has 2 N–H and O–H groups in total. The van der Waals surface area contributed by atoms with Crippen molar-refractivity contribution in [2.24, 2.45) is 7.05 Å². The molecule has 1 aliphatic heterocycles. The molecule has 0 spiro atoms. The molecule has 0 saturated carbocycles. The highest BCUT2D eigenvalue weighted by molar-refractivity contribution is 6.06. The molecule has 4 aromatic rings. The Kier molecular flexibility index (Phi) is 5.60. The molecule has 9 nitrogen and oxygen atoms in total. The van der Waals surface area contributed by atoms with E-state index >= 15 is 0 Å². The first-order valence-corrected chi connectivity index (χ1v) is 12.2. The summed E-state index contributed by atoms with van der Waals surface area (Å²) in [6, 6.07) is 8.09. The van der Waals surface area contributed by atoms with Crippen LogP contribution >= 0.6 is 0 Å². The van der Waals surface area contributed by atoms with Gasteiger partial charge in [-0.3, -0.25) is 14.5 Å². The van der Waals surface area contributed by atoms with Crippen molar-refractivity contribution < 1.29 is 14.3 Å². The monoisotopic (exact) mass is 500 g/mol. The molecular formula is C27H25FN6O3. The summed E-state index contributed by atoms with van der Waals surface area (Å²) in [5.41, 5.74) is 4.89. The quantitative estimate of drug-likeness (QED) is 0.436. The molecule has 0 saturated heterocycles. The van der Waals surface area contributed by atoms with Gasteiger partial charge in [-0.05, 0) is 60.7 Å². The maximum absolute atomic E-state index is 13.5. The Bertz CT molecular complexity index is 1590. The molecule has 0 bridgehead atoms. The fourth-order valence-electron chi connectivity index (χ4n) is 5.35. The number of hydrogen-bond acceptors (Lipinski definition) is 6. The van der Waals surface area contributed by atoms with Gasteiger partial charge in [-0.2, -0.15) is 0 Å². The number of aliphatic hydroxyl groups is 1. The fourth-order valence-corrected chi connectivity index (χ4v) is 5.35. The zero-order valence-corrected chi connectivity index (χ0v) is 20.2. The second-order valence-electron chi connectivity index (χ2n) is 9.33. The van der Waals surface area contributed by atoms with Gasteiger partial charge in [0.15, 0.2) is 0 Å². The number of nitrogens with zero attached hydrogens (tertiary/aromatic N) is 5. The number of halogens is 1. The van der Waals surface area contributed by atoms with Gasteiger partial charge >= 0.3 is 0 Å². The van der Waals surface area contributed by atoms with Crippen molar-refractivity contribution in [3.63, 3.8) is 0 Å². The molecular weight excluding hydrogens is 475 g/mol. The number of anilines is 3. The lowest BCUT2D eigenvalue weighted by atomic mass is 10.0. The highest BCUT2D eigenvalue weighted by Crippen LogP contribution is 2.34. The van der Waals surface area contributed by atoms with Crippen molar-refractivity contribution in [1.29, 1.82) is 0 Å². The number of hydrogen-bond donors (Lipinski definition) is 2. The van der Waals surface area contributed by atoms with E-state index in [9.17, 15) is 19.1 Å². The van der Waals surface area contributed by atoms with Crippen molar-refractivity contribution in [1.82, 2.24) is 19.1 Å². The predicted octanol–water partition coefficient (Wildman–Crippen LogP) is 3.17. The Labute approximate surface area is 211 Å². The van der Waals surface area contributed by atoms with Gasteiger partial charge in [-0.1, -0.05) is 0 Å². The van der Waals surface area contributed by atoms with Crippen LogP contribution in [-0.4, -0.2) is 36.7 Å². The van der Waals surface area contributed by atoms with E-state index < -0.39 is 5.82 Å². The topological polar surface area (TPSA) is 105 Å². The van der Waals surface area contributed by atoms with E-state index in [2.05, 4.69) is 19.9 Å². The number of pyridine rings is 3. The summed E-state index contributed by atoms with van der Waals surface area (Å²) in [4.78, 5) is 36.4. The third kappa shape index (κ3) is 3.89. The molecule has 0 unspecified atom stereocenters. The van der Waals surface area contributed by atoms with Crippen LogP contribution in [-0.2, 0) is 33.0 Å². The second-order valence-corrected chi connectivity index (χ2v) is 9.33. The van der Waals surface area contributed by atoms with Crippen molar-refractivity contribution in [3.8, 4) is 11.1 Å². The number of rotatable bonds is 5. The molecule has 0 fully saturated rings. The number of amides is 1. The van der Waals surface area contributed by atoms with Crippen molar-refractivity contribution in [3.05, 3.63) is 87.6 Å². The van der Waals surface area contributed by atoms with Crippen molar-refractivity contribution >= 4 is 23.2 Å². The van der Waals surface area contributed by atoms with Crippen molar-refractivity contribution in [2.75, 3.05) is 16.8 Å². The van der Waals surface area contributed by atoms with E-state index in [-0.39, 0.29) is 23.8 Å². The van der Waals surface area contributed by atoms with E-state index in [0.29, 0.717) is 47.1 Å². The van der Waals surface area contributed by atoms with E-state index in [1.807, 2.05) is 6.07 Å². The van der Waals surface area contributed by atoms with E-state index in [0.717, 1.165) is 25.5 Å². The Morgan fingerprint density at radius 1 is 1.11 bits per heavy atom. The normalized spacial score (nSPS) is 14.6.